The molecule has 1 atom stereocenters. The molecule has 0 bridgehead atoms. The molecule has 5 heteroatoms. The Kier molecular flexibility index (Phi) is 3.81. The second-order valence-corrected chi connectivity index (χ2v) is 4.52. The Hall–Kier alpha value is -1.62. The first-order chi connectivity index (χ1) is 8.67. The number of nitrogens with zero attached hydrogens (tertiary/aromatic N) is 4. The molecule has 0 saturated heterocycles. The van der Waals surface area contributed by atoms with Gasteiger partial charge in [-0.3, -0.25) is 9.36 Å². The maximum atomic E-state index is 6.37. The maximum Gasteiger partial charge on any atom is 0.0756 e. The highest BCUT2D eigenvalue weighted by Crippen LogP contribution is 2.22. The van der Waals surface area contributed by atoms with Crippen LogP contribution in [0.3, 0.4) is 0 Å². The van der Waals surface area contributed by atoms with E-state index in [9.17, 15) is 0 Å². The Balaban J connectivity index is 2.34. The summed E-state index contributed by atoms with van der Waals surface area (Å²) in [6, 6.07) is 1.84. The van der Waals surface area contributed by atoms with Crippen molar-refractivity contribution in [2.24, 2.45) is 12.8 Å². The normalized spacial score (nSPS) is 12.9. The summed E-state index contributed by atoms with van der Waals surface area (Å²) < 4.78 is 3.81. The van der Waals surface area contributed by atoms with E-state index in [-0.39, 0.29) is 6.04 Å². The lowest BCUT2D eigenvalue weighted by atomic mass is 10.0. The van der Waals surface area contributed by atoms with E-state index in [0.29, 0.717) is 0 Å². The Morgan fingerprint density at radius 2 is 2.17 bits per heavy atom. The Morgan fingerprint density at radius 1 is 1.39 bits per heavy atom. The van der Waals surface area contributed by atoms with Gasteiger partial charge < -0.3 is 5.73 Å². The van der Waals surface area contributed by atoms with Gasteiger partial charge in [-0.25, -0.2) is 0 Å². The third-order valence-electron chi connectivity index (χ3n) is 3.11. The monoisotopic (exact) mass is 247 g/mol. The van der Waals surface area contributed by atoms with Crippen molar-refractivity contribution in [3.63, 3.8) is 0 Å². The average molecular weight is 247 g/mol. The van der Waals surface area contributed by atoms with Crippen LogP contribution in [0.1, 0.15) is 43.3 Å². The fourth-order valence-electron chi connectivity index (χ4n) is 2.25. The van der Waals surface area contributed by atoms with Gasteiger partial charge >= 0.3 is 0 Å². The summed E-state index contributed by atoms with van der Waals surface area (Å²) in [6.07, 6.45) is 5.76. The lowest BCUT2D eigenvalue weighted by Crippen LogP contribution is -2.18. The third kappa shape index (κ3) is 2.31. The number of hydrogen-bond donors (Lipinski definition) is 1. The predicted octanol–water partition coefficient (Wildman–Crippen LogP) is 1.64. The van der Waals surface area contributed by atoms with Crippen LogP contribution in [0.5, 0.6) is 0 Å². The van der Waals surface area contributed by atoms with Gasteiger partial charge in [-0.2, -0.15) is 10.2 Å². The summed E-state index contributed by atoms with van der Waals surface area (Å²) in [7, 11) is 1.93. The second kappa shape index (κ2) is 5.35. The molecule has 2 aromatic rings. The van der Waals surface area contributed by atoms with E-state index in [2.05, 4.69) is 24.0 Å². The smallest absolute Gasteiger partial charge is 0.0756 e. The lowest BCUT2D eigenvalue weighted by Gasteiger charge is -2.13. The van der Waals surface area contributed by atoms with Crippen molar-refractivity contribution >= 4 is 0 Å². The summed E-state index contributed by atoms with van der Waals surface area (Å²) in [4.78, 5) is 0. The molecular weight excluding hydrogens is 226 g/mol. The van der Waals surface area contributed by atoms with Crippen LogP contribution in [-0.2, 0) is 20.0 Å². The molecule has 0 aliphatic carbocycles. The molecular formula is C13H21N5. The van der Waals surface area contributed by atoms with Gasteiger partial charge in [-0.05, 0) is 18.9 Å². The number of hydrogen-bond acceptors (Lipinski definition) is 3. The number of aryl methyl sites for hydroxylation is 3. The lowest BCUT2D eigenvalue weighted by molar-refractivity contribution is 0.559. The van der Waals surface area contributed by atoms with Crippen molar-refractivity contribution in [1.82, 2.24) is 19.6 Å². The van der Waals surface area contributed by atoms with Crippen LogP contribution in [0.15, 0.2) is 18.5 Å². The van der Waals surface area contributed by atoms with Crippen molar-refractivity contribution in [3.05, 3.63) is 35.4 Å². The summed E-state index contributed by atoms with van der Waals surface area (Å²) in [6.45, 7) is 5.14. The molecule has 0 amide bonds. The van der Waals surface area contributed by atoms with Gasteiger partial charge in [0, 0.05) is 31.5 Å². The van der Waals surface area contributed by atoms with E-state index in [4.69, 9.17) is 5.73 Å². The van der Waals surface area contributed by atoms with Gasteiger partial charge in [0.2, 0.25) is 0 Å². The Morgan fingerprint density at radius 3 is 2.83 bits per heavy atom. The first-order valence-electron chi connectivity index (χ1n) is 6.47. The van der Waals surface area contributed by atoms with Crippen LogP contribution in [0.2, 0.25) is 0 Å². The van der Waals surface area contributed by atoms with E-state index >= 15 is 0 Å². The van der Waals surface area contributed by atoms with E-state index < -0.39 is 0 Å². The minimum Gasteiger partial charge on any atom is -0.319 e. The average Bonchev–Trinajstić information content (AvgIpc) is 2.95. The fraction of sp³-hybridized carbons (Fsp3) is 0.538. The largest absolute Gasteiger partial charge is 0.319 e. The molecule has 2 rings (SSSR count). The molecule has 0 radical (unpaired) electrons. The molecule has 98 valence electrons. The minimum atomic E-state index is -0.150. The van der Waals surface area contributed by atoms with Crippen LogP contribution in [0.4, 0.5) is 0 Å². The molecule has 18 heavy (non-hydrogen) atoms. The van der Waals surface area contributed by atoms with Crippen LogP contribution >= 0.6 is 0 Å². The first-order valence-corrected chi connectivity index (χ1v) is 6.47. The number of rotatable bonds is 5. The predicted molar refractivity (Wildman–Crippen MR) is 71.1 cm³/mol. The van der Waals surface area contributed by atoms with Gasteiger partial charge in [-0.15, -0.1) is 0 Å². The molecule has 0 aliphatic heterocycles. The van der Waals surface area contributed by atoms with Gasteiger partial charge in [0.05, 0.1) is 17.4 Å². The summed E-state index contributed by atoms with van der Waals surface area (Å²) in [5.74, 6) is 0. The molecule has 2 N–H and O–H groups in total. The van der Waals surface area contributed by atoms with E-state index in [1.165, 1.54) is 0 Å². The van der Waals surface area contributed by atoms with E-state index in [1.807, 2.05) is 34.9 Å². The van der Waals surface area contributed by atoms with Gasteiger partial charge in [0.15, 0.2) is 0 Å². The summed E-state index contributed by atoms with van der Waals surface area (Å²) in [5.41, 5.74) is 9.58. The number of aromatic nitrogens is 4. The van der Waals surface area contributed by atoms with Gasteiger partial charge in [0.1, 0.15) is 0 Å². The van der Waals surface area contributed by atoms with Gasteiger partial charge in [-0.1, -0.05) is 13.8 Å². The minimum absolute atomic E-state index is 0.150. The Labute approximate surface area is 108 Å². The van der Waals surface area contributed by atoms with E-state index in [1.54, 1.807) is 0 Å². The topological polar surface area (TPSA) is 61.7 Å². The van der Waals surface area contributed by atoms with Crippen LogP contribution in [-0.4, -0.2) is 19.6 Å². The zero-order chi connectivity index (χ0) is 13.1. The maximum absolute atomic E-state index is 6.37. The van der Waals surface area contributed by atoms with Crippen molar-refractivity contribution in [2.45, 2.75) is 39.3 Å². The second-order valence-electron chi connectivity index (χ2n) is 4.52. The fourth-order valence-corrected chi connectivity index (χ4v) is 2.25. The van der Waals surface area contributed by atoms with Crippen LogP contribution in [0.25, 0.3) is 0 Å². The summed E-state index contributed by atoms with van der Waals surface area (Å²) >= 11 is 0. The molecule has 0 saturated carbocycles. The highest BCUT2D eigenvalue weighted by Gasteiger charge is 2.18. The Bertz CT molecular complexity index is 511. The molecule has 1 unspecified atom stereocenters. The quantitative estimate of drug-likeness (QED) is 0.873. The zero-order valence-corrected chi connectivity index (χ0v) is 11.3. The molecule has 2 aromatic heterocycles. The molecule has 0 aliphatic rings. The molecule has 0 spiro atoms. The van der Waals surface area contributed by atoms with Crippen molar-refractivity contribution in [3.8, 4) is 0 Å². The van der Waals surface area contributed by atoms with Crippen molar-refractivity contribution in [2.75, 3.05) is 0 Å². The molecule has 0 aromatic carbocycles. The summed E-state index contributed by atoms with van der Waals surface area (Å²) in [5, 5.41) is 8.77. The highest BCUT2D eigenvalue weighted by molar-refractivity contribution is 5.29. The standard InChI is InChI=1S/C13H21N5/c1-4-8-18-12(6-7-15-18)13(14)10-9-17(3)16-11(10)5-2/h6-7,9,13H,4-5,8,14H2,1-3H3. The molecule has 0 fully saturated rings. The molecule has 2 heterocycles. The third-order valence-corrected chi connectivity index (χ3v) is 3.11. The van der Waals surface area contributed by atoms with Gasteiger partial charge in [0.25, 0.3) is 0 Å². The van der Waals surface area contributed by atoms with Crippen LogP contribution < -0.4 is 5.73 Å². The highest BCUT2D eigenvalue weighted by atomic mass is 15.3. The zero-order valence-electron chi connectivity index (χ0n) is 11.3. The van der Waals surface area contributed by atoms with Crippen LogP contribution in [0, 0.1) is 0 Å². The molecule has 5 nitrogen and oxygen atoms in total. The van der Waals surface area contributed by atoms with Crippen molar-refractivity contribution in [1.29, 1.82) is 0 Å². The SMILES string of the molecule is CCCn1nccc1C(N)c1cn(C)nc1CC. The first kappa shape index (κ1) is 12.8. The number of nitrogens with two attached hydrogens (primary N) is 1. The van der Waals surface area contributed by atoms with E-state index in [0.717, 1.165) is 36.3 Å². The van der Waals surface area contributed by atoms with Crippen molar-refractivity contribution < 1.29 is 0 Å².